The van der Waals surface area contributed by atoms with Crippen molar-refractivity contribution in [1.82, 2.24) is 9.88 Å². The van der Waals surface area contributed by atoms with Crippen LogP contribution in [0.5, 0.6) is 0 Å². The summed E-state index contributed by atoms with van der Waals surface area (Å²) >= 11 is 12.0. The van der Waals surface area contributed by atoms with E-state index in [4.69, 9.17) is 28.5 Å². The largest absolute Gasteiger partial charge is 0.296 e. The van der Waals surface area contributed by atoms with E-state index in [0.717, 1.165) is 18.8 Å². The molecular formula is C13H17Cl2N3. The molecule has 0 atom stereocenters. The van der Waals surface area contributed by atoms with Crippen LogP contribution in [0, 0.1) is 17.2 Å². The molecule has 0 aliphatic carbocycles. The summed E-state index contributed by atoms with van der Waals surface area (Å²) in [5, 5.41) is 9.73. The number of rotatable bonds is 6. The molecule has 0 amide bonds. The molecule has 1 rings (SSSR count). The zero-order valence-corrected chi connectivity index (χ0v) is 12.2. The van der Waals surface area contributed by atoms with Crippen LogP contribution >= 0.6 is 23.2 Å². The molecule has 0 fully saturated rings. The highest BCUT2D eigenvalue weighted by Crippen LogP contribution is 2.19. The molecule has 0 aliphatic rings. The minimum absolute atomic E-state index is 0.444. The second-order valence-corrected chi connectivity index (χ2v) is 5.39. The maximum absolute atomic E-state index is 8.67. The zero-order valence-electron chi connectivity index (χ0n) is 10.7. The van der Waals surface area contributed by atoms with E-state index >= 15 is 0 Å². The monoisotopic (exact) mass is 285 g/mol. The number of hydrogen-bond acceptors (Lipinski definition) is 3. The molecule has 0 spiro atoms. The van der Waals surface area contributed by atoms with Crippen molar-refractivity contribution in [3.63, 3.8) is 0 Å². The van der Waals surface area contributed by atoms with Crippen molar-refractivity contribution in [2.75, 3.05) is 13.1 Å². The number of aromatic nitrogens is 1. The number of halogens is 2. The lowest BCUT2D eigenvalue weighted by Crippen LogP contribution is -2.28. The smallest absolute Gasteiger partial charge is 0.129 e. The lowest BCUT2D eigenvalue weighted by Gasteiger charge is -2.23. The maximum atomic E-state index is 8.67. The number of hydrogen-bond donors (Lipinski definition) is 0. The van der Waals surface area contributed by atoms with Gasteiger partial charge in [-0.05, 0) is 18.1 Å². The van der Waals surface area contributed by atoms with Crippen molar-refractivity contribution in [3.05, 3.63) is 28.0 Å². The van der Waals surface area contributed by atoms with Gasteiger partial charge in [0.05, 0.1) is 16.8 Å². The summed E-state index contributed by atoms with van der Waals surface area (Å²) < 4.78 is 0. The van der Waals surface area contributed by atoms with Crippen molar-refractivity contribution in [3.8, 4) is 6.07 Å². The third-order valence-electron chi connectivity index (χ3n) is 2.42. The number of pyridine rings is 1. The first-order valence-electron chi connectivity index (χ1n) is 5.93. The fraction of sp³-hybridized carbons (Fsp3) is 0.538. The SMILES string of the molecule is CC(C)CN(CCC#N)Cc1nc(Cl)ccc1Cl. The summed E-state index contributed by atoms with van der Waals surface area (Å²) in [6.45, 7) is 6.55. The Morgan fingerprint density at radius 2 is 2.11 bits per heavy atom. The van der Waals surface area contributed by atoms with Gasteiger partial charge < -0.3 is 0 Å². The molecule has 1 heterocycles. The molecule has 0 aliphatic heterocycles. The maximum Gasteiger partial charge on any atom is 0.129 e. The van der Waals surface area contributed by atoms with E-state index in [1.807, 2.05) is 0 Å². The van der Waals surface area contributed by atoms with E-state index < -0.39 is 0 Å². The van der Waals surface area contributed by atoms with Gasteiger partial charge >= 0.3 is 0 Å². The average molecular weight is 286 g/mol. The summed E-state index contributed by atoms with van der Waals surface area (Å²) in [7, 11) is 0. The molecule has 0 saturated carbocycles. The molecule has 1 aromatic rings. The minimum atomic E-state index is 0.444. The van der Waals surface area contributed by atoms with Gasteiger partial charge in [0, 0.05) is 26.1 Å². The Morgan fingerprint density at radius 3 is 2.72 bits per heavy atom. The van der Waals surface area contributed by atoms with Crippen LogP contribution in [0.15, 0.2) is 12.1 Å². The minimum Gasteiger partial charge on any atom is -0.296 e. The highest BCUT2D eigenvalue weighted by atomic mass is 35.5. The van der Waals surface area contributed by atoms with Crippen LogP contribution in [-0.4, -0.2) is 23.0 Å². The second-order valence-electron chi connectivity index (χ2n) is 4.60. The molecule has 1 aromatic heterocycles. The predicted molar refractivity (Wildman–Crippen MR) is 74.6 cm³/mol. The molecule has 0 saturated heterocycles. The van der Waals surface area contributed by atoms with Crippen LogP contribution in [0.25, 0.3) is 0 Å². The first-order valence-corrected chi connectivity index (χ1v) is 6.68. The van der Waals surface area contributed by atoms with Crippen molar-refractivity contribution in [2.24, 2.45) is 5.92 Å². The lowest BCUT2D eigenvalue weighted by molar-refractivity contribution is 0.238. The van der Waals surface area contributed by atoms with Crippen LogP contribution in [0.1, 0.15) is 26.0 Å². The fourth-order valence-electron chi connectivity index (χ4n) is 1.74. The van der Waals surface area contributed by atoms with Crippen LogP contribution in [0.2, 0.25) is 10.2 Å². The summed E-state index contributed by atoms with van der Waals surface area (Å²) in [5.41, 5.74) is 0.766. The fourth-order valence-corrected chi connectivity index (χ4v) is 2.07. The first-order chi connectivity index (χ1) is 8.52. The van der Waals surface area contributed by atoms with Gasteiger partial charge in [-0.1, -0.05) is 37.0 Å². The Hall–Kier alpha value is -0.820. The van der Waals surface area contributed by atoms with Crippen molar-refractivity contribution < 1.29 is 0 Å². The van der Waals surface area contributed by atoms with Gasteiger partial charge in [-0.25, -0.2) is 4.98 Å². The zero-order chi connectivity index (χ0) is 13.5. The van der Waals surface area contributed by atoms with E-state index in [9.17, 15) is 0 Å². The van der Waals surface area contributed by atoms with Gasteiger partial charge in [0.25, 0.3) is 0 Å². The average Bonchev–Trinajstić information content (AvgIpc) is 2.30. The van der Waals surface area contributed by atoms with Gasteiger partial charge in [0.1, 0.15) is 5.15 Å². The van der Waals surface area contributed by atoms with Crippen LogP contribution in [0.4, 0.5) is 0 Å². The van der Waals surface area contributed by atoms with E-state index in [2.05, 4.69) is 29.8 Å². The summed E-state index contributed by atoms with van der Waals surface area (Å²) in [5.74, 6) is 0.529. The molecule has 0 bridgehead atoms. The Balaban J connectivity index is 2.75. The highest BCUT2D eigenvalue weighted by molar-refractivity contribution is 6.32. The van der Waals surface area contributed by atoms with Crippen molar-refractivity contribution in [2.45, 2.75) is 26.8 Å². The standard InChI is InChI=1S/C13H17Cl2N3/c1-10(2)8-18(7-3-6-16)9-12-11(14)4-5-13(15)17-12/h4-5,10H,3,7-9H2,1-2H3. The van der Waals surface area contributed by atoms with E-state index in [-0.39, 0.29) is 0 Å². The van der Waals surface area contributed by atoms with Crippen molar-refractivity contribution in [1.29, 1.82) is 5.26 Å². The van der Waals surface area contributed by atoms with Crippen molar-refractivity contribution >= 4 is 23.2 Å². The Bertz CT molecular complexity index is 427. The van der Waals surface area contributed by atoms with E-state index in [1.165, 1.54) is 0 Å². The molecule has 0 radical (unpaired) electrons. The van der Waals surface area contributed by atoms with Gasteiger partial charge in [-0.15, -0.1) is 0 Å². The first kappa shape index (κ1) is 15.2. The molecule has 98 valence electrons. The predicted octanol–water partition coefficient (Wildman–Crippen LogP) is 3.76. The highest BCUT2D eigenvalue weighted by Gasteiger charge is 2.11. The van der Waals surface area contributed by atoms with E-state index in [0.29, 0.717) is 29.1 Å². The van der Waals surface area contributed by atoms with Gasteiger partial charge in [0.2, 0.25) is 0 Å². The molecule has 5 heteroatoms. The third-order valence-corrected chi connectivity index (χ3v) is 2.98. The molecule has 3 nitrogen and oxygen atoms in total. The summed E-state index contributed by atoms with van der Waals surface area (Å²) in [6, 6.07) is 5.59. The Kier molecular flexibility index (Phi) is 6.42. The third kappa shape index (κ3) is 5.22. The number of nitriles is 1. The summed E-state index contributed by atoms with van der Waals surface area (Å²) in [4.78, 5) is 6.42. The molecule has 18 heavy (non-hydrogen) atoms. The van der Waals surface area contributed by atoms with Crippen LogP contribution in [0.3, 0.4) is 0 Å². The van der Waals surface area contributed by atoms with Gasteiger partial charge in [-0.3, -0.25) is 4.90 Å². The lowest BCUT2D eigenvalue weighted by atomic mass is 10.2. The molecule has 0 N–H and O–H groups in total. The molecule has 0 aromatic carbocycles. The normalized spacial score (nSPS) is 10.9. The topological polar surface area (TPSA) is 39.9 Å². The van der Waals surface area contributed by atoms with Crippen LogP contribution < -0.4 is 0 Å². The molecular weight excluding hydrogens is 269 g/mol. The quantitative estimate of drug-likeness (QED) is 0.747. The van der Waals surface area contributed by atoms with E-state index in [1.54, 1.807) is 12.1 Å². The van der Waals surface area contributed by atoms with Gasteiger partial charge in [-0.2, -0.15) is 5.26 Å². The van der Waals surface area contributed by atoms with Crippen LogP contribution in [-0.2, 0) is 6.54 Å². The molecule has 0 unspecified atom stereocenters. The second kappa shape index (κ2) is 7.58. The summed E-state index contributed by atoms with van der Waals surface area (Å²) in [6.07, 6.45) is 0.505. The number of nitrogens with zero attached hydrogens (tertiary/aromatic N) is 3. The Labute approximate surface area is 118 Å². The Morgan fingerprint density at radius 1 is 1.39 bits per heavy atom. The van der Waals surface area contributed by atoms with Gasteiger partial charge in [0.15, 0.2) is 0 Å².